The number of carbonyl (C=O) groups is 2. The van der Waals surface area contributed by atoms with Crippen molar-refractivity contribution in [1.29, 1.82) is 0 Å². The van der Waals surface area contributed by atoms with E-state index in [9.17, 15) is 9.59 Å². The Kier molecular flexibility index (Phi) is 12.6. The number of amides is 1. The lowest BCUT2D eigenvalue weighted by atomic mass is 9.95. The lowest BCUT2D eigenvalue weighted by Crippen LogP contribution is -2.47. The van der Waals surface area contributed by atoms with Gasteiger partial charge in [-0.2, -0.15) is 11.8 Å². The van der Waals surface area contributed by atoms with Gasteiger partial charge in [0.05, 0.1) is 33.5 Å². The Morgan fingerprint density at radius 1 is 1.00 bits per heavy atom. The van der Waals surface area contributed by atoms with Gasteiger partial charge in [-0.3, -0.25) is 4.79 Å². The molecule has 1 N–H and O–H groups in total. The number of oxime groups is 1. The van der Waals surface area contributed by atoms with E-state index in [1.54, 1.807) is 14.2 Å². The second-order valence-corrected chi connectivity index (χ2v) is 10.6. The molecule has 1 aliphatic heterocycles. The first-order valence-electron chi connectivity index (χ1n) is 13.4. The lowest BCUT2D eigenvalue weighted by molar-refractivity contribution is -0.144. The standard InChI is InChI=1S/C30H40N2O7S/c1-6-13-39-19-21-17-25(35-2)27(26(18-21)36-3)22-9-7-20(8-10-22)16-24(30(34)37-4)31-29(33)28(32-38-5)23-11-14-40-15-12-23/h7-10,17-18,23-24H,6,11-16,19H2,1-5H3,(H,31,33)/t24-/m0/s1. The van der Waals surface area contributed by atoms with Crippen molar-refractivity contribution in [3.63, 3.8) is 0 Å². The van der Waals surface area contributed by atoms with Crippen molar-refractivity contribution in [3.8, 4) is 22.6 Å². The third kappa shape index (κ3) is 8.38. The molecule has 0 aliphatic carbocycles. The highest BCUT2D eigenvalue weighted by Crippen LogP contribution is 2.40. The molecule has 1 amide bonds. The van der Waals surface area contributed by atoms with Crippen LogP contribution in [0.5, 0.6) is 11.5 Å². The molecule has 1 aliphatic rings. The van der Waals surface area contributed by atoms with E-state index in [2.05, 4.69) is 17.4 Å². The zero-order chi connectivity index (χ0) is 28.9. The maximum Gasteiger partial charge on any atom is 0.328 e. The molecule has 0 spiro atoms. The molecule has 40 heavy (non-hydrogen) atoms. The first-order chi connectivity index (χ1) is 19.4. The van der Waals surface area contributed by atoms with Crippen LogP contribution < -0.4 is 14.8 Å². The van der Waals surface area contributed by atoms with Crippen molar-refractivity contribution in [1.82, 2.24) is 5.32 Å². The number of esters is 1. The van der Waals surface area contributed by atoms with E-state index in [4.69, 9.17) is 23.8 Å². The van der Waals surface area contributed by atoms with E-state index >= 15 is 0 Å². The van der Waals surface area contributed by atoms with Crippen LogP contribution in [-0.4, -0.2) is 70.2 Å². The summed E-state index contributed by atoms with van der Waals surface area (Å²) in [7, 11) is 5.98. The van der Waals surface area contributed by atoms with Crippen LogP contribution in [0.1, 0.15) is 37.3 Å². The summed E-state index contributed by atoms with van der Waals surface area (Å²) in [4.78, 5) is 30.8. The van der Waals surface area contributed by atoms with Crippen LogP contribution >= 0.6 is 11.8 Å². The fraction of sp³-hybridized carbons (Fsp3) is 0.500. The Labute approximate surface area is 240 Å². The molecule has 1 fully saturated rings. The highest BCUT2D eigenvalue weighted by atomic mass is 32.2. The van der Waals surface area contributed by atoms with Gasteiger partial charge in [0, 0.05) is 18.9 Å². The predicted octanol–water partition coefficient (Wildman–Crippen LogP) is 4.64. The van der Waals surface area contributed by atoms with Crippen molar-refractivity contribution in [2.45, 2.75) is 45.3 Å². The zero-order valence-electron chi connectivity index (χ0n) is 24.0. The molecule has 9 nitrogen and oxygen atoms in total. The topological polar surface area (TPSA) is 105 Å². The average Bonchev–Trinajstić information content (AvgIpc) is 2.99. The summed E-state index contributed by atoms with van der Waals surface area (Å²) in [5.74, 6) is 2.31. The summed E-state index contributed by atoms with van der Waals surface area (Å²) in [6.45, 7) is 3.22. The van der Waals surface area contributed by atoms with Crippen molar-refractivity contribution in [2.24, 2.45) is 11.1 Å². The average molecular weight is 573 g/mol. The molecule has 2 aromatic rings. The van der Waals surface area contributed by atoms with Crippen LogP contribution in [0.2, 0.25) is 0 Å². The summed E-state index contributed by atoms with van der Waals surface area (Å²) in [5, 5.41) is 6.83. The Hall–Kier alpha value is -3.24. The third-order valence-electron chi connectivity index (χ3n) is 6.69. The number of rotatable bonds is 14. The maximum atomic E-state index is 13.2. The van der Waals surface area contributed by atoms with E-state index in [0.29, 0.717) is 30.4 Å². The number of ether oxygens (including phenoxy) is 4. The minimum atomic E-state index is -0.880. The summed E-state index contributed by atoms with van der Waals surface area (Å²) >= 11 is 1.86. The van der Waals surface area contributed by atoms with Gasteiger partial charge in [-0.25, -0.2) is 4.79 Å². The number of thioether (sulfide) groups is 1. The van der Waals surface area contributed by atoms with E-state index in [-0.39, 0.29) is 12.3 Å². The van der Waals surface area contributed by atoms with Gasteiger partial charge in [0.25, 0.3) is 5.91 Å². The lowest BCUT2D eigenvalue weighted by Gasteiger charge is -2.23. The molecule has 10 heteroatoms. The number of nitrogens with one attached hydrogen (secondary N) is 1. The third-order valence-corrected chi connectivity index (χ3v) is 7.74. The Bertz CT molecular complexity index is 1120. The highest BCUT2D eigenvalue weighted by Gasteiger charge is 2.30. The van der Waals surface area contributed by atoms with E-state index < -0.39 is 17.9 Å². The van der Waals surface area contributed by atoms with Gasteiger partial charge in [-0.1, -0.05) is 36.3 Å². The Balaban J connectivity index is 1.80. The molecule has 0 unspecified atom stereocenters. The first-order valence-corrected chi connectivity index (χ1v) is 14.6. The molecule has 0 bridgehead atoms. The largest absolute Gasteiger partial charge is 0.496 e. The monoisotopic (exact) mass is 572 g/mol. The second-order valence-electron chi connectivity index (χ2n) is 9.42. The quantitative estimate of drug-likeness (QED) is 0.151. The van der Waals surface area contributed by atoms with Gasteiger partial charge in [-0.15, -0.1) is 0 Å². The molecule has 218 valence electrons. The van der Waals surface area contributed by atoms with Crippen molar-refractivity contribution >= 4 is 29.4 Å². The van der Waals surface area contributed by atoms with Crippen LogP contribution in [0.4, 0.5) is 0 Å². The molecule has 3 rings (SSSR count). The van der Waals surface area contributed by atoms with Crippen LogP contribution in [-0.2, 0) is 36.9 Å². The van der Waals surface area contributed by atoms with Crippen molar-refractivity contribution in [2.75, 3.05) is 46.6 Å². The second kappa shape index (κ2) is 16.1. The first kappa shape index (κ1) is 31.3. The number of benzene rings is 2. The van der Waals surface area contributed by atoms with E-state index in [1.807, 2.05) is 48.2 Å². The number of hydrogen-bond donors (Lipinski definition) is 1. The molecule has 1 saturated heterocycles. The Morgan fingerprint density at radius 3 is 2.20 bits per heavy atom. The summed E-state index contributed by atoms with van der Waals surface area (Å²) in [5.41, 5.74) is 3.83. The number of hydrogen-bond acceptors (Lipinski definition) is 9. The number of nitrogens with zero attached hydrogens (tertiary/aromatic N) is 1. The molecule has 0 radical (unpaired) electrons. The van der Waals surface area contributed by atoms with E-state index in [1.165, 1.54) is 14.2 Å². The number of methoxy groups -OCH3 is 3. The summed E-state index contributed by atoms with van der Waals surface area (Å²) < 4.78 is 22.1. The number of carbonyl (C=O) groups excluding carboxylic acids is 2. The SMILES string of the molecule is CCCOCc1cc(OC)c(-c2ccc(C[C@H](NC(=O)C(=NOC)C3CCSCC3)C(=O)OC)cc2)c(OC)c1. The van der Waals surface area contributed by atoms with Gasteiger partial charge in [0.1, 0.15) is 30.4 Å². The fourth-order valence-corrected chi connectivity index (χ4v) is 5.76. The summed E-state index contributed by atoms with van der Waals surface area (Å²) in [6, 6.07) is 10.7. The maximum absolute atomic E-state index is 13.2. The van der Waals surface area contributed by atoms with Crippen LogP contribution in [0, 0.1) is 5.92 Å². The normalized spacial score (nSPS) is 14.8. The molecule has 2 aromatic carbocycles. The van der Waals surface area contributed by atoms with Crippen LogP contribution in [0.3, 0.4) is 0 Å². The van der Waals surface area contributed by atoms with Gasteiger partial charge < -0.3 is 29.1 Å². The van der Waals surface area contributed by atoms with Gasteiger partial charge in [-0.05, 0) is 59.6 Å². The molecule has 1 atom stereocenters. The summed E-state index contributed by atoms with van der Waals surface area (Å²) in [6.07, 6.45) is 2.87. The van der Waals surface area contributed by atoms with Gasteiger partial charge in [0.2, 0.25) is 0 Å². The fourth-order valence-electron chi connectivity index (χ4n) is 4.65. The van der Waals surface area contributed by atoms with Crippen LogP contribution in [0.25, 0.3) is 11.1 Å². The van der Waals surface area contributed by atoms with Gasteiger partial charge >= 0.3 is 5.97 Å². The van der Waals surface area contributed by atoms with Crippen molar-refractivity contribution in [3.05, 3.63) is 47.5 Å². The molecular formula is C30H40N2O7S. The molecule has 0 aromatic heterocycles. The van der Waals surface area contributed by atoms with E-state index in [0.717, 1.165) is 53.0 Å². The van der Waals surface area contributed by atoms with Gasteiger partial charge in [0.15, 0.2) is 0 Å². The van der Waals surface area contributed by atoms with Crippen LogP contribution in [0.15, 0.2) is 41.6 Å². The zero-order valence-corrected chi connectivity index (χ0v) is 24.8. The molecule has 0 saturated carbocycles. The molecular weight excluding hydrogens is 532 g/mol. The predicted molar refractivity (Wildman–Crippen MR) is 157 cm³/mol. The highest BCUT2D eigenvalue weighted by molar-refractivity contribution is 7.99. The van der Waals surface area contributed by atoms with Crippen molar-refractivity contribution < 1.29 is 33.4 Å². The smallest absolute Gasteiger partial charge is 0.328 e. The molecule has 1 heterocycles. The Morgan fingerprint density at radius 2 is 1.65 bits per heavy atom. The minimum absolute atomic E-state index is 0.00617. The minimum Gasteiger partial charge on any atom is -0.496 e.